The summed E-state index contributed by atoms with van der Waals surface area (Å²) in [6.07, 6.45) is 2.99. The van der Waals surface area contributed by atoms with Crippen molar-refractivity contribution in [2.24, 2.45) is 0 Å². The van der Waals surface area contributed by atoms with E-state index < -0.39 is 5.91 Å². The molecule has 1 aromatic heterocycles. The van der Waals surface area contributed by atoms with Crippen molar-refractivity contribution >= 4 is 5.91 Å². The standard InChI is InChI=1S/C7H8N2O2/c1-9(11)7(10)6-2-4-8-5-3-6/h2-5,11H,1H3. The van der Waals surface area contributed by atoms with Crippen LogP contribution in [0.25, 0.3) is 0 Å². The number of pyridine rings is 1. The Balaban J connectivity index is 2.86. The summed E-state index contributed by atoms with van der Waals surface area (Å²) in [6, 6.07) is 3.07. The molecule has 0 aromatic carbocycles. The monoisotopic (exact) mass is 152 g/mol. The Morgan fingerprint density at radius 2 is 2.09 bits per heavy atom. The summed E-state index contributed by atoms with van der Waals surface area (Å²) in [5.41, 5.74) is 0.421. The first kappa shape index (κ1) is 7.68. The lowest BCUT2D eigenvalue weighted by Gasteiger charge is -2.06. The van der Waals surface area contributed by atoms with Gasteiger partial charge in [-0.15, -0.1) is 0 Å². The van der Waals surface area contributed by atoms with Crippen molar-refractivity contribution in [1.82, 2.24) is 10.0 Å². The third kappa shape index (κ3) is 1.75. The Bertz CT molecular complexity index is 246. The second kappa shape index (κ2) is 3.12. The predicted octanol–water partition coefficient (Wildman–Crippen LogP) is 0.543. The molecule has 0 spiro atoms. The number of rotatable bonds is 1. The quantitative estimate of drug-likeness (QED) is 0.472. The summed E-state index contributed by atoms with van der Waals surface area (Å²) in [5.74, 6) is -0.438. The van der Waals surface area contributed by atoms with E-state index in [0.717, 1.165) is 0 Å². The number of aromatic nitrogens is 1. The highest BCUT2D eigenvalue weighted by Gasteiger charge is 2.06. The van der Waals surface area contributed by atoms with E-state index in [2.05, 4.69) is 4.98 Å². The number of carbonyl (C=O) groups is 1. The van der Waals surface area contributed by atoms with Crippen LogP contribution in [0, 0.1) is 0 Å². The van der Waals surface area contributed by atoms with E-state index in [0.29, 0.717) is 10.6 Å². The lowest BCUT2D eigenvalue weighted by Crippen LogP contribution is -2.22. The summed E-state index contributed by atoms with van der Waals surface area (Å²) in [4.78, 5) is 14.7. The van der Waals surface area contributed by atoms with Gasteiger partial charge in [0.05, 0.1) is 0 Å². The lowest BCUT2D eigenvalue weighted by molar-refractivity contribution is -0.0375. The average molecular weight is 152 g/mol. The molecule has 1 amide bonds. The smallest absolute Gasteiger partial charge is 0.277 e. The van der Waals surface area contributed by atoms with Crippen LogP contribution in [-0.2, 0) is 0 Å². The molecule has 0 atom stereocenters. The maximum Gasteiger partial charge on any atom is 0.277 e. The van der Waals surface area contributed by atoms with Gasteiger partial charge in [-0.2, -0.15) is 0 Å². The second-order valence-electron chi connectivity index (χ2n) is 2.06. The van der Waals surface area contributed by atoms with Crippen molar-refractivity contribution in [2.45, 2.75) is 0 Å². The molecule has 0 aliphatic heterocycles. The Kier molecular flexibility index (Phi) is 2.18. The first-order valence-corrected chi connectivity index (χ1v) is 3.09. The van der Waals surface area contributed by atoms with Crippen LogP contribution in [0.2, 0.25) is 0 Å². The normalized spacial score (nSPS) is 9.27. The van der Waals surface area contributed by atoms with Gasteiger partial charge in [0, 0.05) is 25.0 Å². The maximum absolute atomic E-state index is 11.0. The van der Waals surface area contributed by atoms with Gasteiger partial charge < -0.3 is 0 Å². The summed E-state index contributed by atoms with van der Waals surface area (Å²) in [7, 11) is 1.28. The number of hydrogen-bond acceptors (Lipinski definition) is 3. The zero-order valence-corrected chi connectivity index (χ0v) is 6.06. The molecular weight excluding hydrogens is 144 g/mol. The van der Waals surface area contributed by atoms with Crippen LogP contribution >= 0.6 is 0 Å². The number of hydrogen-bond donors (Lipinski definition) is 1. The molecule has 1 aromatic rings. The molecular formula is C7H8N2O2. The van der Waals surface area contributed by atoms with Crippen LogP contribution in [0.1, 0.15) is 10.4 Å². The fourth-order valence-corrected chi connectivity index (χ4v) is 0.681. The summed E-state index contributed by atoms with van der Waals surface area (Å²) in [6.45, 7) is 0. The van der Waals surface area contributed by atoms with Crippen LogP contribution in [0.4, 0.5) is 0 Å². The van der Waals surface area contributed by atoms with Crippen LogP contribution < -0.4 is 0 Å². The summed E-state index contributed by atoms with van der Waals surface area (Å²) >= 11 is 0. The van der Waals surface area contributed by atoms with Gasteiger partial charge in [-0.3, -0.25) is 15.0 Å². The molecule has 11 heavy (non-hydrogen) atoms. The lowest BCUT2D eigenvalue weighted by atomic mass is 10.2. The first-order valence-electron chi connectivity index (χ1n) is 3.09. The van der Waals surface area contributed by atoms with Crippen LogP contribution in [0.3, 0.4) is 0 Å². The van der Waals surface area contributed by atoms with E-state index in [1.807, 2.05) is 0 Å². The molecule has 4 heteroatoms. The third-order valence-electron chi connectivity index (χ3n) is 1.22. The molecule has 0 aliphatic rings. The Morgan fingerprint density at radius 1 is 1.55 bits per heavy atom. The molecule has 1 rings (SSSR count). The molecule has 1 N–H and O–H groups in total. The zero-order chi connectivity index (χ0) is 8.27. The van der Waals surface area contributed by atoms with Gasteiger partial charge >= 0.3 is 0 Å². The number of nitrogens with zero attached hydrogens (tertiary/aromatic N) is 2. The number of hydroxylamine groups is 2. The molecule has 1 heterocycles. The van der Waals surface area contributed by atoms with Gasteiger partial charge in [-0.1, -0.05) is 0 Å². The molecule has 4 nitrogen and oxygen atoms in total. The van der Waals surface area contributed by atoms with Crippen molar-refractivity contribution in [1.29, 1.82) is 0 Å². The molecule has 58 valence electrons. The van der Waals surface area contributed by atoms with Crippen molar-refractivity contribution < 1.29 is 10.0 Å². The van der Waals surface area contributed by atoms with E-state index in [1.165, 1.54) is 31.6 Å². The minimum atomic E-state index is -0.438. The molecule has 0 saturated carbocycles. The highest BCUT2D eigenvalue weighted by Crippen LogP contribution is 1.98. The van der Waals surface area contributed by atoms with Gasteiger partial charge in [0.2, 0.25) is 0 Å². The Labute approximate surface area is 64.1 Å². The Morgan fingerprint density at radius 3 is 2.55 bits per heavy atom. The molecule has 0 radical (unpaired) electrons. The molecule has 0 unspecified atom stereocenters. The zero-order valence-electron chi connectivity index (χ0n) is 6.06. The van der Waals surface area contributed by atoms with E-state index in [-0.39, 0.29) is 0 Å². The van der Waals surface area contributed by atoms with E-state index in [1.54, 1.807) is 0 Å². The van der Waals surface area contributed by atoms with Gasteiger partial charge in [0.15, 0.2) is 0 Å². The molecule has 0 aliphatic carbocycles. The van der Waals surface area contributed by atoms with Crippen molar-refractivity contribution in [3.05, 3.63) is 30.1 Å². The summed E-state index contributed by atoms with van der Waals surface area (Å²) in [5, 5.41) is 9.27. The highest BCUT2D eigenvalue weighted by molar-refractivity contribution is 5.92. The average Bonchev–Trinajstić information content (AvgIpc) is 2.05. The van der Waals surface area contributed by atoms with Crippen molar-refractivity contribution in [3.63, 3.8) is 0 Å². The number of carbonyl (C=O) groups excluding carboxylic acids is 1. The fraction of sp³-hybridized carbons (Fsp3) is 0.143. The van der Waals surface area contributed by atoms with Crippen molar-refractivity contribution in [3.8, 4) is 0 Å². The van der Waals surface area contributed by atoms with Gasteiger partial charge in [-0.25, -0.2) is 5.06 Å². The fourth-order valence-electron chi connectivity index (χ4n) is 0.681. The third-order valence-corrected chi connectivity index (χ3v) is 1.22. The highest BCUT2D eigenvalue weighted by atomic mass is 16.5. The van der Waals surface area contributed by atoms with Crippen LogP contribution in [-0.4, -0.2) is 28.2 Å². The van der Waals surface area contributed by atoms with Gasteiger partial charge in [-0.05, 0) is 12.1 Å². The number of amides is 1. The van der Waals surface area contributed by atoms with E-state index in [4.69, 9.17) is 5.21 Å². The second-order valence-corrected chi connectivity index (χ2v) is 2.06. The van der Waals surface area contributed by atoms with Gasteiger partial charge in [0.25, 0.3) is 5.91 Å². The Hall–Kier alpha value is -1.42. The topological polar surface area (TPSA) is 53.4 Å². The van der Waals surface area contributed by atoms with Crippen LogP contribution in [0.5, 0.6) is 0 Å². The molecule has 0 fully saturated rings. The van der Waals surface area contributed by atoms with E-state index in [9.17, 15) is 4.79 Å². The van der Waals surface area contributed by atoms with Crippen molar-refractivity contribution in [2.75, 3.05) is 7.05 Å². The van der Waals surface area contributed by atoms with E-state index >= 15 is 0 Å². The SMILES string of the molecule is CN(O)C(=O)c1ccncc1. The first-order chi connectivity index (χ1) is 5.22. The van der Waals surface area contributed by atoms with Gasteiger partial charge in [0.1, 0.15) is 0 Å². The molecule has 0 bridgehead atoms. The summed E-state index contributed by atoms with van der Waals surface area (Å²) < 4.78 is 0. The minimum Gasteiger partial charge on any atom is -0.286 e. The minimum absolute atomic E-state index is 0.421. The predicted molar refractivity (Wildman–Crippen MR) is 38.1 cm³/mol. The molecule has 0 saturated heterocycles. The van der Waals surface area contributed by atoms with Crippen LogP contribution in [0.15, 0.2) is 24.5 Å². The largest absolute Gasteiger partial charge is 0.286 e. The maximum atomic E-state index is 11.0.